The number of hydrogen-bond donors (Lipinski definition) is 0. The lowest BCUT2D eigenvalue weighted by molar-refractivity contribution is 0.349. The fourth-order valence-electron chi connectivity index (χ4n) is 1.94. The Kier molecular flexibility index (Phi) is 3.19. The lowest BCUT2D eigenvalue weighted by atomic mass is 10.3. The van der Waals surface area contributed by atoms with Gasteiger partial charge < -0.3 is 0 Å². The lowest BCUT2D eigenvalue weighted by Gasteiger charge is -2.45. The van der Waals surface area contributed by atoms with Gasteiger partial charge in [0.15, 0.2) is 0 Å². The lowest BCUT2D eigenvalue weighted by Crippen LogP contribution is -2.25. The molecule has 0 bridgehead atoms. The van der Waals surface area contributed by atoms with Crippen LogP contribution >= 0.6 is 10.8 Å². The molecular weight excluding hydrogens is 210 g/mol. The fourth-order valence-corrected chi connectivity index (χ4v) is 4.33. The molecule has 1 saturated heterocycles. The third-order valence-electron chi connectivity index (χ3n) is 2.66. The van der Waals surface area contributed by atoms with Crippen molar-refractivity contribution >= 4 is 16.5 Å². The van der Waals surface area contributed by atoms with E-state index in [-0.39, 0.29) is 0 Å². The van der Waals surface area contributed by atoms with Crippen LogP contribution in [0.4, 0.5) is 5.69 Å². The van der Waals surface area contributed by atoms with E-state index < -0.39 is 10.8 Å². The Morgan fingerprint density at radius 3 is 2.40 bits per heavy atom. The smallest absolute Gasteiger partial charge is 0.0624 e. The van der Waals surface area contributed by atoms with E-state index in [0.29, 0.717) is 0 Å². The predicted molar refractivity (Wildman–Crippen MR) is 64.9 cm³/mol. The number of benzene rings is 1. The van der Waals surface area contributed by atoms with E-state index in [1.807, 2.05) is 18.2 Å². The average Bonchev–Trinajstić information content (AvgIpc) is 2.74. The van der Waals surface area contributed by atoms with Crippen LogP contribution < -0.4 is 4.31 Å². The van der Waals surface area contributed by atoms with Crippen molar-refractivity contribution < 1.29 is 8.37 Å². The first kappa shape index (κ1) is 10.8. The van der Waals surface area contributed by atoms with Gasteiger partial charge in [-0.3, -0.25) is 12.7 Å². The molecule has 15 heavy (non-hydrogen) atoms. The Balaban J connectivity index is 2.29. The molecule has 0 spiro atoms. The Morgan fingerprint density at radius 2 is 1.80 bits per heavy atom. The minimum atomic E-state index is -1.50. The molecule has 1 aliphatic rings. The van der Waals surface area contributed by atoms with Crippen LogP contribution in [0.1, 0.15) is 6.42 Å². The van der Waals surface area contributed by atoms with E-state index >= 15 is 0 Å². The van der Waals surface area contributed by atoms with E-state index in [1.165, 1.54) is 5.69 Å². The molecule has 0 amide bonds. The quantitative estimate of drug-likeness (QED) is 0.792. The highest BCUT2D eigenvalue weighted by Gasteiger charge is 2.33. The molecule has 0 saturated carbocycles. The minimum absolute atomic E-state index is 0.995. The summed E-state index contributed by atoms with van der Waals surface area (Å²) in [4.78, 5) is 0. The first-order valence-corrected chi connectivity index (χ1v) is 6.68. The van der Waals surface area contributed by atoms with Gasteiger partial charge in [0.05, 0.1) is 25.7 Å². The van der Waals surface area contributed by atoms with Gasteiger partial charge in [-0.1, -0.05) is 18.2 Å². The molecule has 0 aromatic heterocycles. The van der Waals surface area contributed by atoms with Gasteiger partial charge in [0.2, 0.25) is 0 Å². The Labute approximate surface area is 92.8 Å². The zero-order chi connectivity index (χ0) is 10.7. The zero-order valence-corrected chi connectivity index (χ0v) is 10.00. The average molecular weight is 227 g/mol. The summed E-state index contributed by atoms with van der Waals surface area (Å²) >= 11 is 0. The maximum atomic E-state index is 5.60. The Hall–Kier alpha value is -0.710. The molecule has 0 unspecified atom stereocenters. The molecule has 1 aliphatic heterocycles. The molecule has 0 N–H and O–H groups in total. The normalized spacial score (nSPS) is 21.6. The first-order valence-electron chi connectivity index (χ1n) is 5.07. The van der Waals surface area contributed by atoms with E-state index in [4.69, 9.17) is 8.37 Å². The van der Waals surface area contributed by atoms with Crippen molar-refractivity contribution in [3.8, 4) is 0 Å². The summed E-state index contributed by atoms with van der Waals surface area (Å²) in [6, 6.07) is 10.3. The number of hydrogen-bond acceptors (Lipinski definition) is 3. The highest BCUT2D eigenvalue weighted by atomic mass is 32.3. The van der Waals surface area contributed by atoms with Crippen LogP contribution in [0, 0.1) is 0 Å². The van der Waals surface area contributed by atoms with Crippen molar-refractivity contribution in [3.05, 3.63) is 30.3 Å². The number of nitrogens with zero attached hydrogens (tertiary/aromatic N) is 1. The molecule has 1 fully saturated rings. The molecule has 0 aliphatic carbocycles. The van der Waals surface area contributed by atoms with Crippen molar-refractivity contribution in [1.29, 1.82) is 0 Å². The predicted octanol–water partition coefficient (Wildman–Crippen LogP) is 2.74. The second-order valence-corrected chi connectivity index (χ2v) is 6.09. The largest absolute Gasteiger partial charge is 0.272 e. The summed E-state index contributed by atoms with van der Waals surface area (Å²) < 4.78 is 13.5. The summed E-state index contributed by atoms with van der Waals surface area (Å²) in [5.74, 6) is 0.995. The van der Waals surface area contributed by atoms with Crippen molar-refractivity contribution in [2.24, 2.45) is 0 Å². The Bertz CT molecular complexity index is 314. The molecule has 0 radical (unpaired) electrons. The van der Waals surface area contributed by atoms with Crippen LogP contribution in [0.2, 0.25) is 0 Å². The second-order valence-electron chi connectivity index (χ2n) is 3.41. The van der Waals surface area contributed by atoms with Gasteiger partial charge in [-0.05, 0) is 18.6 Å². The van der Waals surface area contributed by atoms with Crippen LogP contribution in [-0.4, -0.2) is 26.5 Å². The van der Waals surface area contributed by atoms with E-state index in [1.54, 1.807) is 14.2 Å². The van der Waals surface area contributed by atoms with E-state index in [0.717, 1.165) is 18.7 Å². The molecule has 1 heterocycles. The molecular formula is C11H17NO2S. The maximum Gasteiger partial charge on any atom is 0.0624 e. The highest BCUT2D eigenvalue weighted by molar-refractivity contribution is 8.27. The molecule has 1 aromatic rings. The second kappa shape index (κ2) is 4.43. The number of anilines is 1. The van der Waals surface area contributed by atoms with Crippen molar-refractivity contribution in [3.63, 3.8) is 0 Å². The van der Waals surface area contributed by atoms with Gasteiger partial charge in [-0.15, -0.1) is 10.8 Å². The van der Waals surface area contributed by atoms with Crippen LogP contribution in [0.5, 0.6) is 0 Å². The summed E-state index contributed by atoms with van der Waals surface area (Å²) in [6.07, 6.45) is 1.13. The van der Waals surface area contributed by atoms with Crippen LogP contribution in [0.3, 0.4) is 0 Å². The van der Waals surface area contributed by atoms with Crippen LogP contribution in [0.25, 0.3) is 0 Å². The SMILES string of the molecule is COS1(OC)CCCN1c1ccccc1. The fraction of sp³-hybridized carbons (Fsp3) is 0.455. The van der Waals surface area contributed by atoms with Crippen molar-refractivity contribution in [2.75, 3.05) is 30.8 Å². The van der Waals surface area contributed by atoms with E-state index in [2.05, 4.69) is 16.4 Å². The molecule has 0 atom stereocenters. The van der Waals surface area contributed by atoms with Gasteiger partial charge >= 0.3 is 0 Å². The third kappa shape index (κ3) is 1.85. The van der Waals surface area contributed by atoms with Crippen LogP contribution in [-0.2, 0) is 8.37 Å². The standard InChI is InChI=1S/C11H17NO2S/c1-13-15(14-2)10-6-9-12(15)11-7-4-3-5-8-11/h3-5,7-8H,6,9-10H2,1-2H3. The molecule has 2 rings (SSSR count). The van der Waals surface area contributed by atoms with Crippen molar-refractivity contribution in [2.45, 2.75) is 6.42 Å². The van der Waals surface area contributed by atoms with Gasteiger partial charge in [-0.2, -0.15) is 0 Å². The molecule has 4 heteroatoms. The Morgan fingerprint density at radius 1 is 1.13 bits per heavy atom. The number of para-hydroxylation sites is 1. The summed E-state index contributed by atoms with van der Waals surface area (Å²) in [6.45, 7) is 1.01. The summed E-state index contributed by atoms with van der Waals surface area (Å²) in [7, 11) is 1.97. The van der Waals surface area contributed by atoms with E-state index in [9.17, 15) is 0 Å². The van der Waals surface area contributed by atoms with Gasteiger partial charge in [0, 0.05) is 6.54 Å². The minimum Gasteiger partial charge on any atom is -0.272 e. The summed E-state index contributed by atoms with van der Waals surface area (Å²) in [5, 5.41) is 0. The molecule has 84 valence electrons. The maximum absolute atomic E-state index is 5.60. The first-order chi connectivity index (χ1) is 7.32. The van der Waals surface area contributed by atoms with Gasteiger partial charge in [0.25, 0.3) is 0 Å². The summed E-state index contributed by atoms with van der Waals surface area (Å²) in [5.41, 5.74) is 1.19. The molecule has 3 nitrogen and oxygen atoms in total. The monoisotopic (exact) mass is 227 g/mol. The number of rotatable bonds is 3. The molecule has 1 aromatic carbocycles. The van der Waals surface area contributed by atoms with Gasteiger partial charge in [0.1, 0.15) is 0 Å². The zero-order valence-electron chi connectivity index (χ0n) is 9.18. The van der Waals surface area contributed by atoms with Crippen LogP contribution in [0.15, 0.2) is 30.3 Å². The highest BCUT2D eigenvalue weighted by Crippen LogP contribution is 2.58. The third-order valence-corrected chi connectivity index (χ3v) is 5.58. The topological polar surface area (TPSA) is 21.7 Å². The van der Waals surface area contributed by atoms with Crippen molar-refractivity contribution in [1.82, 2.24) is 0 Å². The van der Waals surface area contributed by atoms with Gasteiger partial charge in [-0.25, -0.2) is 0 Å².